The van der Waals surface area contributed by atoms with E-state index in [9.17, 15) is 8.42 Å². The van der Waals surface area contributed by atoms with Gasteiger partial charge in [0.25, 0.3) is 10.1 Å². The molecule has 0 saturated heterocycles. The lowest BCUT2D eigenvalue weighted by molar-refractivity contribution is 0.486. The summed E-state index contributed by atoms with van der Waals surface area (Å²) < 4.78 is 28.1. The molecule has 0 radical (unpaired) electrons. The molecule has 5 heteroatoms. The summed E-state index contributed by atoms with van der Waals surface area (Å²) in [5.74, 6) is -0.424. The molecule has 0 fully saturated rings. The van der Waals surface area contributed by atoms with Crippen molar-refractivity contribution >= 4 is 26.0 Å². The first-order valence-corrected chi connectivity index (χ1v) is 4.10. The average molecular weight is 201 g/mol. The largest absolute Gasteiger partial charge is 0.285 e. The predicted molar refractivity (Wildman–Crippen MR) is 34.5 cm³/mol. The summed E-state index contributed by atoms with van der Waals surface area (Å²) in [5.41, 5.74) is 0. The summed E-state index contributed by atoms with van der Waals surface area (Å²) in [6.07, 6.45) is 0. The van der Waals surface area contributed by atoms with Gasteiger partial charge >= 0.3 is 0 Å². The molecule has 0 heterocycles. The van der Waals surface area contributed by atoms with Gasteiger partial charge in [-0.25, -0.2) is 0 Å². The number of halogens is 1. The zero-order valence-electron chi connectivity index (χ0n) is 3.96. The zero-order valence-corrected chi connectivity index (χ0v) is 6.37. The Balaban J connectivity index is 3.95. The summed E-state index contributed by atoms with van der Waals surface area (Å²) in [5, 5.41) is 0. The Bertz CT molecular complexity index is 181. The Kier molecular flexibility index (Phi) is 2.65. The van der Waals surface area contributed by atoms with E-state index >= 15 is 0 Å². The Morgan fingerprint density at radius 1 is 1.75 bits per heavy atom. The minimum absolute atomic E-state index is 0.250. The molecule has 0 saturated carbocycles. The lowest BCUT2D eigenvalue weighted by Crippen LogP contribution is -2.02. The third-order valence-electron chi connectivity index (χ3n) is 0.339. The Morgan fingerprint density at radius 3 is 2.12 bits per heavy atom. The van der Waals surface area contributed by atoms with Crippen molar-refractivity contribution in [3.05, 3.63) is 11.1 Å². The van der Waals surface area contributed by atoms with Crippen LogP contribution in [0.1, 0.15) is 0 Å². The van der Waals surface area contributed by atoms with Gasteiger partial charge in [0.1, 0.15) is 5.75 Å². The summed E-state index contributed by atoms with van der Waals surface area (Å²) in [6.45, 7) is 3.22. The van der Waals surface area contributed by atoms with Crippen LogP contribution in [0.15, 0.2) is 11.1 Å². The summed E-state index contributed by atoms with van der Waals surface area (Å²) in [4.78, 5) is 0. The van der Waals surface area contributed by atoms with Crippen molar-refractivity contribution in [1.82, 2.24) is 0 Å². The molecule has 0 bridgehead atoms. The highest BCUT2D eigenvalue weighted by Crippen LogP contribution is 2.02. The minimum Gasteiger partial charge on any atom is -0.285 e. The van der Waals surface area contributed by atoms with E-state index in [0.29, 0.717) is 0 Å². The summed E-state index contributed by atoms with van der Waals surface area (Å²) >= 11 is 2.78. The molecule has 0 rings (SSSR count). The van der Waals surface area contributed by atoms with Gasteiger partial charge in [-0.05, 0) is 0 Å². The molecular weight excluding hydrogens is 196 g/mol. The molecule has 48 valence electrons. The highest BCUT2D eigenvalue weighted by molar-refractivity contribution is 9.11. The lowest BCUT2D eigenvalue weighted by atomic mass is 10.8. The van der Waals surface area contributed by atoms with Crippen molar-refractivity contribution in [1.29, 1.82) is 0 Å². The van der Waals surface area contributed by atoms with E-state index in [1.54, 1.807) is 0 Å². The van der Waals surface area contributed by atoms with Crippen LogP contribution < -0.4 is 0 Å². The zero-order chi connectivity index (χ0) is 6.78. The molecule has 1 N–H and O–H groups in total. The van der Waals surface area contributed by atoms with Gasteiger partial charge in [-0.1, -0.05) is 22.5 Å². The van der Waals surface area contributed by atoms with Crippen LogP contribution in [0.2, 0.25) is 0 Å². The van der Waals surface area contributed by atoms with Crippen molar-refractivity contribution in [2.45, 2.75) is 0 Å². The number of hydrogen-bond acceptors (Lipinski definition) is 2. The van der Waals surface area contributed by atoms with Gasteiger partial charge in [-0.3, -0.25) is 4.55 Å². The van der Waals surface area contributed by atoms with Crippen LogP contribution >= 0.6 is 15.9 Å². The van der Waals surface area contributed by atoms with E-state index in [4.69, 9.17) is 4.55 Å². The third-order valence-corrected chi connectivity index (χ3v) is 1.70. The van der Waals surface area contributed by atoms with Crippen molar-refractivity contribution in [2.24, 2.45) is 0 Å². The molecule has 0 amide bonds. The number of hydrogen-bond donors (Lipinski definition) is 1. The van der Waals surface area contributed by atoms with E-state index in [1.165, 1.54) is 0 Å². The van der Waals surface area contributed by atoms with Crippen molar-refractivity contribution in [3.8, 4) is 0 Å². The highest BCUT2D eigenvalue weighted by Gasteiger charge is 2.03. The molecule has 0 spiro atoms. The van der Waals surface area contributed by atoms with Gasteiger partial charge in [0.2, 0.25) is 0 Å². The van der Waals surface area contributed by atoms with Gasteiger partial charge in [0.05, 0.1) is 0 Å². The van der Waals surface area contributed by atoms with Crippen LogP contribution in [0.25, 0.3) is 0 Å². The van der Waals surface area contributed by atoms with E-state index in [1.807, 2.05) is 0 Å². The Hall–Kier alpha value is 0.130. The van der Waals surface area contributed by atoms with Crippen LogP contribution in [-0.2, 0) is 10.1 Å². The predicted octanol–water partition coefficient (Wildman–Crippen LogP) is 0.783. The maximum absolute atomic E-state index is 9.91. The minimum atomic E-state index is -3.87. The monoisotopic (exact) mass is 200 g/mol. The van der Waals surface area contributed by atoms with Crippen molar-refractivity contribution < 1.29 is 13.0 Å². The topological polar surface area (TPSA) is 54.4 Å². The smallest absolute Gasteiger partial charge is 0.269 e. The Labute approximate surface area is 56.3 Å². The molecule has 8 heavy (non-hydrogen) atoms. The van der Waals surface area contributed by atoms with Crippen LogP contribution in [0, 0.1) is 0 Å². The maximum atomic E-state index is 9.91. The fraction of sp³-hybridized carbons (Fsp3) is 0.333. The van der Waals surface area contributed by atoms with Crippen LogP contribution in [0.3, 0.4) is 0 Å². The third kappa shape index (κ3) is 6.13. The second-order valence-corrected chi connectivity index (χ2v) is 3.82. The van der Waals surface area contributed by atoms with E-state index in [2.05, 4.69) is 22.5 Å². The average Bonchev–Trinajstić information content (AvgIpc) is 1.21. The second kappa shape index (κ2) is 2.61. The molecule has 3 nitrogen and oxygen atoms in total. The fourth-order valence-corrected chi connectivity index (χ4v) is 1.46. The summed E-state index contributed by atoms with van der Waals surface area (Å²) in [6, 6.07) is 0. The maximum Gasteiger partial charge on any atom is 0.269 e. The quantitative estimate of drug-likeness (QED) is 0.671. The normalized spacial score (nSPS) is 11.2. The highest BCUT2D eigenvalue weighted by atomic mass is 79.9. The van der Waals surface area contributed by atoms with Gasteiger partial charge in [-0.2, -0.15) is 8.42 Å². The van der Waals surface area contributed by atoms with Gasteiger partial charge in [-0.15, -0.1) is 0 Å². The summed E-state index contributed by atoms with van der Waals surface area (Å²) in [7, 11) is -3.87. The SMILES string of the molecule is C=C(Br)CS(=O)(=O)O. The van der Waals surface area contributed by atoms with Crippen LogP contribution in [0.5, 0.6) is 0 Å². The van der Waals surface area contributed by atoms with Crippen molar-refractivity contribution in [3.63, 3.8) is 0 Å². The molecule has 0 unspecified atom stereocenters. The van der Waals surface area contributed by atoms with E-state index in [0.717, 1.165) is 0 Å². The van der Waals surface area contributed by atoms with Crippen molar-refractivity contribution in [2.75, 3.05) is 5.75 Å². The molecule has 0 aromatic heterocycles. The van der Waals surface area contributed by atoms with Crippen LogP contribution in [-0.4, -0.2) is 18.7 Å². The first kappa shape index (κ1) is 8.13. The Morgan fingerprint density at radius 2 is 2.12 bits per heavy atom. The molecular formula is C3H5BrO3S. The number of rotatable bonds is 2. The standard InChI is InChI=1S/C3H5BrO3S/c1-3(4)2-8(5,6)7/h1-2H2,(H,5,6,7). The lowest BCUT2D eigenvalue weighted by Gasteiger charge is -1.89. The van der Waals surface area contributed by atoms with Crippen LogP contribution in [0.4, 0.5) is 0 Å². The van der Waals surface area contributed by atoms with Gasteiger partial charge in [0, 0.05) is 4.48 Å². The molecule has 0 aliphatic heterocycles. The molecule has 0 aliphatic carbocycles. The van der Waals surface area contributed by atoms with E-state index < -0.39 is 15.9 Å². The first-order valence-electron chi connectivity index (χ1n) is 1.70. The molecule has 0 aliphatic rings. The van der Waals surface area contributed by atoms with Gasteiger partial charge < -0.3 is 0 Å². The molecule has 0 atom stereocenters. The second-order valence-electron chi connectivity index (χ2n) is 1.24. The van der Waals surface area contributed by atoms with E-state index in [-0.39, 0.29) is 4.48 Å². The molecule has 0 aromatic carbocycles. The first-order chi connectivity index (χ1) is 3.42. The van der Waals surface area contributed by atoms with Gasteiger partial charge in [0.15, 0.2) is 0 Å². The molecule has 0 aromatic rings. The fourth-order valence-electron chi connectivity index (χ4n) is 0.198.